The fourth-order valence-corrected chi connectivity index (χ4v) is 1.11. The average Bonchev–Trinajstić information content (AvgIpc) is 2.21. The molecule has 0 amide bonds. The highest BCUT2D eigenvalue weighted by molar-refractivity contribution is 6.32. The number of rotatable bonds is 4. The van der Waals surface area contributed by atoms with Crippen LogP contribution in [0.5, 0.6) is 11.5 Å². The van der Waals surface area contributed by atoms with E-state index in [2.05, 4.69) is 0 Å². The molecule has 1 aromatic carbocycles. The third kappa shape index (κ3) is 3.42. The van der Waals surface area contributed by atoms with Crippen molar-refractivity contribution >= 4 is 17.6 Å². The van der Waals surface area contributed by atoms with E-state index in [0.29, 0.717) is 10.8 Å². The fourth-order valence-electron chi connectivity index (χ4n) is 0.954. The number of methoxy groups -OCH3 is 1. The number of hydrogen-bond donors (Lipinski definition) is 1. The van der Waals surface area contributed by atoms with Gasteiger partial charge in [-0.1, -0.05) is 11.6 Å². The monoisotopic (exact) mass is 230 g/mol. The highest BCUT2D eigenvalue weighted by Crippen LogP contribution is 2.29. The molecule has 0 aliphatic heterocycles. The van der Waals surface area contributed by atoms with Crippen molar-refractivity contribution in [3.63, 3.8) is 0 Å². The van der Waals surface area contributed by atoms with Crippen LogP contribution in [0.4, 0.5) is 0 Å². The van der Waals surface area contributed by atoms with Crippen LogP contribution in [0.25, 0.3) is 0 Å². The Morgan fingerprint density at radius 1 is 1.53 bits per heavy atom. The fraction of sp³-hybridized carbons (Fsp3) is 0.300. The molecular formula is C10H11ClO4. The lowest BCUT2D eigenvalue weighted by molar-refractivity contribution is -0.135. The number of hydrogen-bond acceptors (Lipinski definition) is 4. The molecule has 0 aliphatic rings. The Morgan fingerprint density at radius 3 is 2.87 bits per heavy atom. The van der Waals surface area contributed by atoms with Gasteiger partial charge < -0.3 is 14.6 Å². The van der Waals surface area contributed by atoms with Crippen molar-refractivity contribution in [2.24, 2.45) is 0 Å². The van der Waals surface area contributed by atoms with Gasteiger partial charge in [-0.2, -0.15) is 0 Å². The molecule has 1 rings (SSSR count). The van der Waals surface area contributed by atoms with Crippen molar-refractivity contribution in [1.82, 2.24) is 0 Å². The SMILES string of the molecule is COc1ccc(Cl)c(OC(=O)CCO)c1. The first-order valence-corrected chi connectivity index (χ1v) is 4.70. The second kappa shape index (κ2) is 5.58. The third-order valence-corrected chi connectivity index (χ3v) is 1.99. The van der Waals surface area contributed by atoms with Crippen LogP contribution in [-0.2, 0) is 4.79 Å². The van der Waals surface area contributed by atoms with Gasteiger partial charge in [-0.15, -0.1) is 0 Å². The second-order valence-corrected chi connectivity index (χ2v) is 3.15. The minimum atomic E-state index is -0.535. The standard InChI is InChI=1S/C10H11ClO4/c1-14-7-2-3-8(11)9(6-7)15-10(13)4-5-12/h2-3,6,12H,4-5H2,1H3. The maximum atomic E-state index is 11.1. The molecule has 0 aliphatic carbocycles. The highest BCUT2D eigenvalue weighted by atomic mass is 35.5. The van der Waals surface area contributed by atoms with Gasteiger partial charge in [0.2, 0.25) is 0 Å². The predicted octanol–water partition coefficient (Wildman–Crippen LogP) is 1.64. The van der Waals surface area contributed by atoms with E-state index < -0.39 is 5.97 Å². The van der Waals surface area contributed by atoms with Gasteiger partial charge in [0.15, 0.2) is 5.75 Å². The smallest absolute Gasteiger partial charge is 0.313 e. The Hall–Kier alpha value is -1.26. The van der Waals surface area contributed by atoms with E-state index in [4.69, 9.17) is 26.2 Å². The summed E-state index contributed by atoms with van der Waals surface area (Å²) in [5, 5.41) is 8.85. The van der Waals surface area contributed by atoms with E-state index in [1.54, 1.807) is 12.1 Å². The van der Waals surface area contributed by atoms with E-state index in [9.17, 15) is 4.79 Å². The van der Waals surface area contributed by atoms with Crippen molar-refractivity contribution in [2.45, 2.75) is 6.42 Å². The molecule has 0 aromatic heterocycles. The quantitative estimate of drug-likeness (QED) is 0.631. The molecule has 0 fully saturated rings. The van der Waals surface area contributed by atoms with Gasteiger partial charge in [-0.3, -0.25) is 4.79 Å². The molecule has 5 heteroatoms. The summed E-state index contributed by atoms with van der Waals surface area (Å²) in [7, 11) is 1.50. The number of carbonyl (C=O) groups is 1. The number of carbonyl (C=O) groups excluding carboxylic acids is 1. The third-order valence-electron chi connectivity index (χ3n) is 1.68. The van der Waals surface area contributed by atoms with Crippen molar-refractivity contribution in [2.75, 3.05) is 13.7 Å². The summed E-state index contributed by atoms with van der Waals surface area (Å²) in [5.41, 5.74) is 0. The highest BCUT2D eigenvalue weighted by Gasteiger charge is 2.08. The number of esters is 1. The molecule has 0 saturated carbocycles. The van der Waals surface area contributed by atoms with Crippen molar-refractivity contribution in [1.29, 1.82) is 0 Å². The van der Waals surface area contributed by atoms with Gasteiger partial charge in [-0.25, -0.2) is 0 Å². The molecule has 0 bridgehead atoms. The van der Waals surface area contributed by atoms with Gasteiger partial charge >= 0.3 is 5.97 Å². The van der Waals surface area contributed by atoms with Crippen LogP contribution in [0.3, 0.4) is 0 Å². The lowest BCUT2D eigenvalue weighted by Gasteiger charge is -2.07. The van der Waals surface area contributed by atoms with E-state index in [0.717, 1.165) is 0 Å². The summed E-state index contributed by atoms with van der Waals surface area (Å²) in [4.78, 5) is 11.1. The molecule has 1 aromatic rings. The molecule has 0 atom stereocenters. The Balaban J connectivity index is 2.79. The molecule has 0 spiro atoms. The number of ether oxygens (including phenoxy) is 2. The minimum Gasteiger partial charge on any atom is -0.497 e. The summed E-state index contributed by atoms with van der Waals surface area (Å²) < 4.78 is 9.87. The van der Waals surface area contributed by atoms with Crippen LogP contribution < -0.4 is 9.47 Å². The Kier molecular flexibility index (Phi) is 4.39. The summed E-state index contributed by atoms with van der Waals surface area (Å²) >= 11 is 5.80. The summed E-state index contributed by atoms with van der Waals surface area (Å²) in [6, 6.07) is 4.74. The number of aliphatic hydroxyl groups excluding tert-OH is 1. The van der Waals surface area contributed by atoms with Crippen LogP contribution in [0.15, 0.2) is 18.2 Å². The van der Waals surface area contributed by atoms with Crippen molar-refractivity contribution in [3.05, 3.63) is 23.2 Å². The lowest BCUT2D eigenvalue weighted by atomic mass is 10.3. The summed E-state index contributed by atoms with van der Waals surface area (Å²) in [6.07, 6.45) is -0.0620. The first-order chi connectivity index (χ1) is 7.17. The normalized spacial score (nSPS) is 9.80. The molecule has 1 N–H and O–H groups in total. The van der Waals surface area contributed by atoms with Crippen LogP contribution in [-0.4, -0.2) is 24.8 Å². The molecule has 4 nitrogen and oxygen atoms in total. The maximum Gasteiger partial charge on any atom is 0.313 e. The maximum absolute atomic E-state index is 11.1. The topological polar surface area (TPSA) is 55.8 Å². The molecule has 0 heterocycles. The first kappa shape index (κ1) is 11.8. The summed E-state index contributed by atoms with van der Waals surface area (Å²) in [6.45, 7) is -0.250. The van der Waals surface area contributed by atoms with E-state index in [1.807, 2.05) is 0 Å². The van der Waals surface area contributed by atoms with Crippen molar-refractivity contribution in [3.8, 4) is 11.5 Å². The van der Waals surface area contributed by atoms with E-state index >= 15 is 0 Å². The zero-order valence-corrected chi connectivity index (χ0v) is 8.95. The summed E-state index contributed by atoms with van der Waals surface area (Å²) in [5.74, 6) is 0.244. The molecular weight excluding hydrogens is 220 g/mol. The van der Waals surface area contributed by atoms with Crippen molar-refractivity contribution < 1.29 is 19.4 Å². The van der Waals surface area contributed by atoms with E-state index in [1.165, 1.54) is 13.2 Å². The lowest BCUT2D eigenvalue weighted by Crippen LogP contribution is -2.09. The van der Waals surface area contributed by atoms with Crippen LogP contribution >= 0.6 is 11.6 Å². The number of halogens is 1. The van der Waals surface area contributed by atoms with Gasteiger partial charge in [0.05, 0.1) is 25.2 Å². The average molecular weight is 231 g/mol. The Labute approximate surface area is 92.4 Å². The van der Waals surface area contributed by atoms with Gasteiger partial charge in [0.1, 0.15) is 5.75 Å². The zero-order valence-electron chi connectivity index (χ0n) is 8.20. The minimum absolute atomic E-state index is 0.0620. The Morgan fingerprint density at radius 2 is 2.27 bits per heavy atom. The van der Waals surface area contributed by atoms with E-state index in [-0.39, 0.29) is 18.8 Å². The molecule has 15 heavy (non-hydrogen) atoms. The number of benzene rings is 1. The molecule has 82 valence electrons. The largest absolute Gasteiger partial charge is 0.497 e. The first-order valence-electron chi connectivity index (χ1n) is 4.32. The van der Waals surface area contributed by atoms with Crippen LogP contribution in [0, 0.1) is 0 Å². The molecule has 0 saturated heterocycles. The van der Waals surface area contributed by atoms with Gasteiger partial charge in [0, 0.05) is 6.07 Å². The zero-order chi connectivity index (χ0) is 11.3. The van der Waals surface area contributed by atoms with Crippen LogP contribution in [0.2, 0.25) is 5.02 Å². The number of aliphatic hydroxyl groups is 1. The second-order valence-electron chi connectivity index (χ2n) is 2.74. The predicted molar refractivity (Wildman–Crippen MR) is 55.3 cm³/mol. The van der Waals surface area contributed by atoms with Crippen LogP contribution in [0.1, 0.15) is 6.42 Å². The molecule has 0 radical (unpaired) electrons. The molecule has 0 unspecified atom stereocenters. The van der Waals surface area contributed by atoms with Gasteiger partial charge in [-0.05, 0) is 12.1 Å². The Bertz CT molecular complexity index is 351. The van der Waals surface area contributed by atoms with Gasteiger partial charge in [0.25, 0.3) is 0 Å².